The summed E-state index contributed by atoms with van der Waals surface area (Å²) in [6, 6.07) is 4.08. The SMILES string of the molecule is CCO/N=C(\C)c1cccc(OC)c1C(F)(F)F. The molecule has 0 saturated carbocycles. The highest BCUT2D eigenvalue weighted by molar-refractivity contribution is 6.00. The van der Waals surface area contributed by atoms with Crippen LogP contribution in [-0.4, -0.2) is 19.4 Å². The van der Waals surface area contributed by atoms with Crippen molar-refractivity contribution in [1.29, 1.82) is 0 Å². The van der Waals surface area contributed by atoms with E-state index in [0.29, 0.717) is 6.61 Å². The molecule has 6 heteroatoms. The van der Waals surface area contributed by atoms with Crippen molar-refractivity contribution in [1.82, 2.24) is 0 Å². The van der Waals surface area contributed by atoms with Crippen molar-refractivity contribution in [3.63, 3.8) is 0 Å². The maximum atomic E-state index is 13.0. The first-order valence-corrected chi connectivity index (χ1v) is 5.33. The molecule has 0 saturated heterocycles. The summed E-state index contributed by atoms with van der Waals surface area (Å²) in [4.78, 5) is 4.77. The van der Waals surface area contributed by atoms with Crippen LogP contribution in [0.5, 0.6) is 5.75 Å². The molecule has 0 atom stereocenters. The van der Waals surface area contributed by atoms with Crippen LogP contribution in [0.3, 0.4) is 0 Å². The first-order chi connectivity index (χ1) is 8.41. The predicted octanol–water partition coefficient (Wildman–Crippen LogP) is 3.47. The molecule has 0 aliphatic rings. The van der Waals surface area contributed by atoms with Gasteiger partial charge in [0.05, 0.1) is 12.8 Å². The number of hydrogen-bond donors (Lipinski definition) is 0. The Morgan fingerprint density at radius 3 is 2.50 bits per heavy atom. The van der Waals surface area contributed by atoms with Crippen molar-refractivity contribution in [3.05, 3.63) is 29.3 Å². The van der Waals surface area contributed by atoms with Gasteiger partial charge in [0, 0.05) is 5.56 Å². The molecule has 0 amide bonds. The Labute approximate surface area is 103 Å². The van der Waals surface area contributed by atoms with Gasteiger partial charge < -0.3 is 9.57 Å². The molecular formula is C12H14F3NO2. The van der Waals surface area contributed by atoms with E-state index in [-0.39, 0.29) is 17.0 Å². The third-order valence-corrected chi connectivity index (χ3v) is 2.25. The summed E-state index contributed by atoms with van der Waals surface area (Å²) in [6.07, 6.45) is -4.51. The van der Waals surface area contributed by atoms with Gasteiger partial charge in [-0.2, -0.15) is 13.2 Å². The summed E-state index contributed by atoms with van der Waals surface area (Å²) in [7, 11) is 1.20. The van der Waals surface area contributed by atoms with E-state index in [1.807, 2.05) is 0 Å². The summed E-state index contributed by atoms with van der Waals surface area (Å²) < 4.78 is 43.8. The molecule has 0 aromatic heterocycles. The van der Waals surface area contributed by atoms with Gasteiger partial charge in [-0.05, 0) is 19.9 Å². The summed E-state index contributed by atoms with van der Waals surface area (Å²) in [5.74, 6) is -0.231. The number of halogens is 3. The van der Waals surface area contributed by atoms with E-state index in [2.05, 4.69) is 5.16 Å². The molecule has 1 rings (SSSR count). The van der Waals surface area contributed by atoms with Gasteiger partial charge in [-0.3, -0.25) is 0 Å². The molecular weight excluding hydrogens is 247 g/mol. The second kappa shape index (κ2) is 5.75. The highest BCUT2D eigenvalue weighted by atomic mass is 19.4. The van der Waals surface area contributed by atoms with Crippen LogP contribution in [0.2, 0.25) is 0 Å². The van der Waals surface area contributed by atoms with Crippen molar-refractivity contribution in [2.75, 3.05) is 13.7 Å². The number of alkyl halides is 3. The second-order valence-corrected chi connectivity index (χ2v) is 3.48. The van der Waals surface area contributed by atoms with Gasteiger partial charge >= 0.3 is 6.18 Å². The molecule has 0 unspecified atom stereocenters. The molecule has 1 aromatic rings. The van der Waals surface area contributed by atoms with E-state index in [1.165, 1.54) is 32.2 Å². The van der Waals surface area contributed by atoms with E-state index in [1.54, 1.807) is 6.92 Å². The minimum atomic E-state index is -4.51. The van der Waals surface area contributed by atoms with Crippen LogP contribution in [0.25, 0.3) is 0 Å². The fourth-order valence-corrected chi connectivity index (χ4v) is 1.51. The molecule has 100 valence electrons. The zero-order valence-electron chi connectivity index (χ0n) is 10.3. The molecule has 1 aromatic carbocycles. The summed E-state index contributed by atoms with van der Waals surface area (Å²) in [5, 5.41) is 3.62. The Balaban J connectivity index is 3.35. The van der Waals surface area contributed by atoms with Crippen molar-refractivity contribution >= 4 is 5.71 Å². The van der Waals surface area contributed by atoms with Crippen LogP contribution in [0, 0.1) is 0 Å². The average molecular weight is 261 g/mol. The third kappa shape index (κ3) is 3.15. The fraction of sp³-hybridized carbons (Fsp3) is 0.417. The molecule has 0 aliphatic carbocycles. The van der Waals surface area contributed by atoms with E-state index < -0.39 is 11.7 Å². The maximum absolute atomic E-state index is 13.0. The summed E-state index contributed by atoms with van der Waals surface area (Å²) in [6.45, 7) is 3.45. The Kier molecular flexibility index (Phi) is 4.58. The molecule has 0 fully saturated rings. The van der Waals surface area contributed by atoms with Crippen molar-refractivity contribution < 1.29 is 22.7 Å². The second-order valence-electron chi connectivity index (χ2n) is 3.48. The molecule has 0 bridgehead atoms. The Bertz CT molecular complexity index is 441. The first kappa shape index (κ1) is 14.3. The number of oxime groups is 1. The van der Waals surface area contributed by atoms with Gasteiger partial charge in [-0.25, -0.2) is 0 Å². The summed E-state index contributed by atoms with van der Waals surface area (Å²) in [5.41, 5.74) is -0.730. The largest absolute Gasteiger partial charge is 0.496 e. The Hall–Kier alpha value is -1.72. The van der Waals surface area contributed by atoms with E-state index in [4.69, 9.17) is 9.57 Å². The van der Waals surface area contributed by atoms with Gasteiger partial charge in [-0.1, -0.05) is 17.3 Å². The molecule has 0 radical (unpaired) electrons. The van der Waals surface area contributed by atoms with Crippen LogP contribution in [-0.2, 0) is 11.0 Å². The zero-order chi connectivity index (χ0) is 13.8. The molecule has 3 nitrogen and oxygen atoms in total. The van der Waals surface area contributed by atoms with Crippen molar-refractivity contribution in [2.24, 2.45) is 5.16 Å². The maximum Gasteiger partial charge on any atom is 0.420 e. The fourth-order valence-electron chi connectivity index (χ4n) is 1.51. The van der Waals surface area contributed by atoms with Gasteiger partial charge in [-0.15, -0.1) is 0 Å². The van der Waals surface area contributed by atoms with Crippen molar-refractivity contribution in [2.45, 2.75) is 20.0 Å². The Morgan fingerprint density at radius 1 is 1.33 bits per heavy atom. The van der Waals surface area contributed by atoms with Gasteiger partial charge in [0.2, 0.25) is 0 Å². The topological polar surface area (TPSA) is 30.8 Å². The van der Waals surface area contributed by atoms with E-state index >= 15 is 0 Å². The molecule has 0 N–H and O–H groups in total. The van der Waals surface area contributed by atoms with Crippen LogP contribution in [0.4, 0.5) is 13.2 Å². The van der Waals surface area contributed by atoms with Crippen molar-refractivity contribution in [3.8, 4) is 5.75 Å². The molecule has 18 heavy (non-hydrogen) atoms. The highest BCUT2D eigenvalue weighted by Crippen LogP contribution is 2.38. The van der Waals surface area contributed by atoms with Crippen LogP contribution < -0.4 is 4.74 Å². The summed E-state index contributed by atoms with van der Waals surface area (Å²) >= 11 is 0. The number of ether oxygens (including phenoxy) is 1. The number of hydrogen-bond acceptors (Lipinski definition) is 3. The standard InChI is InChI=1S/C12H14F3NO2/c1-4-18-16-8(2)9-6-5-7-10(17-3)11(9)12(13,14)15/h5-7H,4H2,1-3H3/b16-8+. The lowest BCUT2D eigenvalue weighted by Gasteiger charge is -2.16. The lowest BCUT2D eigenvalue weighted by atomic mass is 10.0. The predicted molar refractivity (Wildman–Crippen MR) is 61.8 cm³/mol. The Morgan fingerprint density at radius 2 is 2.00 bits per heavy atom. The quantitative estimate of drug-likeness (QED) is 0.613. The normalized spacial score (nSPS) is 12.4. The molecule has 0 aliphatic heterocycles. The molecule has 0 heterocycles. The van der Waals surface area contributed by atoms with Gasteiger partial charge in [0.1, 0.15) is 17.9 Å². The minimum Gasteiger partial charge on any atom is -0.496 e. The first-order valence-electron chi connectivity index (χ1n) is 5.33. The number of nitrogens with zero attached hydrogens (tertiary/aromatic N) is 1. The van der Waals surface area contributed by atoms with Crippen LogP contribution >= 0.6 is 0 Å². The smallest absolute Gasteiger partial charge is 0.420 e. The lowest BCUT2D eigenvalue weighted by molar-refractivity contribution is -0.138. The third-order valence-electron chi connectivity index (χ3n) is 2.25. The van der Waals surface area contributed by atoms with Crippen LogP contribution in [0.1, 0.15) is 25.0 Å². The number of methoxy groups -OCH3 is 1. The van der Waals surface area contributed by atoms with Gasteiger partial charge in [0.15, 0.2) is 0 Å². The monoisotopic (exact) mass is 261 g/mol. The van der Waals surface area contributed by atoms with E-state index in [9.17, 15) is 13.2 Å². The minimum absolute atomic E-state index is 0.0460. The highest BCUT2D eigenvalue weighted by Gasteiger charge is 2.37. The van der Waals surface area contributed by atoms with Gasteiger partial charge in [0.25, 0.3) is 0 Å². The lowest BCUT2D eigenvalue weighted by Crippen LogP contribution is -2.14. The molecule has 0 spiro atoms. The zero-order valence-corrected chi connectivity index (χ0v) is 10.3. The van der Waals surface area contributed by atoms with E-state index in [0.717, 1.165) is 0 Å². The number of rotatable bonds is 4. The van der Waals surface area contributed by atoms with Crippen LogP contribution in [0.15, 0.2) is 23.4 Å². The average Bonchev–Trinajstić information content (AvgIpc) is 2.33. The number of benzene rings is 1.